The van der Waals surface area contributed by atoms with Crippen LogP contribution in [0, 0.1) is 12.3 Å². The van der Waals surface area contributed by atoms with E-state index < -0.39 is 20.1 Å². The summed E-state index contributed by atoms with van der Waals surface area (Å²) in [7, 11) is -7.38. The average Bonchev–Trinajstić information content (AvgIpc) is 3.38. The molecule has 0 amide bonds. The first-order chi connectivity index (χ1) is 19.2. The molecule has 2 unspecified atom stereocenters. The summed E-state index contributed by atoms with van der Waals surface area (Å²) >= 11 is 0. The van der Waals surface area contributed by atoms with Crippen molar-refractivity contribution in [3.63, 3.8) is 0 Å². The van der Waals surface area contributed by atoms with Crippen LogP contribution in [0.25, 0.3) is 0 Å². The van der Waals surface area contributed by atoms with Crippen LogP contribution in [0.15, 0.2) is 22.2 Å². The molecule has 2 atom stereocenters. The molecule has 2 aromatic rings. The van der Waals surface area contributed by atoms with Gasteiger partial charge in [-0.2, -0.15) is 13.5 Å². The zero-order chi connectivity index (χ0) is 31.4. The lowest BCUT2D eigenvalue weighted by molar-refractivity contribution is 0.375. The highest BCUT2D eigenvalue weighted by molar-refractivity contribution is 7.88. The Labute approximate surface area is 249 Å². The second-order valence-electron chi connectivity index (χ2n) is 13.3. The van der Waals surface area contributed by atoms with Gasteiger partial charge in [-0.25, -0.2) is 23.1 Å². The number of nitrogens with zero attached hydrogens (tertiary/aromatic N) is 6. The van der Waals surface area contributed by atoms with Crippen LogP contribution in [-0.2, 0) is 20.1 Å². The van der Waals surface area contributed by atoms with Gasteiger partial charge in [0.25, 0.3) is 10.1 Å². The molecule has 0 saturated heterocycles. The number of rotatable bonds is 9. The number of benzene rings is 1. The Kier molecular flexibility index (Phi) is 8.53. The van der Waals surface area contributed by atoms with E-state index in [0.29, 0.717) is 30.3 Å². The Morgan fingerprint density at radius 2 is 1.88 bits per heavy atom. The van der Waals surface area contributed by atoms with Crippen LogP contribution in [-0.4, -0.2) is 78.3 Å². The molecule has 1 aromatic heterocycles. The molecule has 0 fully saturated rings. The number of fused-ring (bicyclic) bond motifs is 2. The van der Waals surface area contributed by atoms with E-state index in [1.807, 2.05) is 13.8 Å². The Bertz CT molecular complexity index is 1650. The van der Waals surface area contributed by atoms with Gasteiger partial charge in [-0.3, -0.25) is 4.55 Å². The van der Waals surface area contributed by atoms with E-state index >= 15 is 0 Å². The Hall–Kier alpha value is -2.68. The van der Waals surface area contributed by atoms with E-state index in [1.54, 1.807) is 0 Å². The van der Waals surface area contributed by atoms with E-state index in [9.17, 15) is 21.4 Å². The second-order valence-corrected chi connectivity index (χ2v) is 16.7. The molecule has 232 valence electrons. The van der Waals surface area contributed by atoms with E-state index in [2.05, 4.69) is 68.4 Å². The summed E-state index contributed by atoms with van der Waals surface area (Å²) in [5, 5.41) is 9.30. The number of hydrogen-bond donors (Lipinski definition) is 2. The van der Waals surface area contributed by atoms with Gasteiger partial charge < -0.3 is 4.90 Å². The highest BCUT2D eigenvalue weighted by Crippen LogP contribution is 2.46. The van der Waals surface area contributed by atoms with Crippen LogP contribution in [0.2, 0.25) is 0 Å². The summed E-state index contributed by atoms with van der Waals surface area (Å²) in [5.74, 6) is 0.679. The summed E-state index contributed by atoms with van der Waals surface area (Å²) in [6.45, 7) is 17.2. The van der Waals surface area contributed by atoms with Crippen molar-refractivity contribution >= 4 is 42.9 Å². The maximum absolute atomic E-state index is 11.6. The molecule has 2 aliphatic rings. The van der Waals surface area contributed by atoms with Crippen molar-refractivity contribution in [2.24, 2.45) is 15.5 Å². The third kappa shape index (κ3) is 7.09. The fraction of sp³-hybridized carbons (Fsp3) is 0.643. The molecule has 2 aliphatic heterocycles. The number of aromatic nitrogens is 3. The SMILES string of the molecule is Cc1cc2c(cc1N=C1C(C(C)(C)C)=Nn3nc(C(C)CNS(C)(=O)=O)nc31)C(C)CC(C)(C)N2CCCS(=O)(=O)O. The molecule has 1 aromatic carbocycles. The number of anilines is 1. The Morgan fingerprint density at radius 1 is 1.21 bits per heavy atom. The van der Waals surface area contributed by atoms with Crippen molar-refractivity contribution in [1.29, 1.82) is 0 Å². The van der Waals surface area contributed by atoms with E-state index in [0.717, 1.165) is 40.9 Å². The minimum Gasteiger partial charge on any atom is -0.366 e. The lowest BCUT2D eigenvalue weighted by Gasteiger charge is -2.48. The van der Waals surface area contributed by atoms with Crippen LogP contribution in [0.5, 0.6) is 0 Å². The summed E-state index contributed by atoms with van der Waals surface area (Å²) in [4.78, 5) is 13.6. The van der Waals surface area contributed by atoms with Crippen molar-refractivity contribution in [2.75, 3.05) is 30.0 Å². The van der Waals surface area contributed by atoms with Crippen LogP contribution in [0.1, 0.15) is 95.9 Å². The monoisotopic (exact) mass is 621 g/mol. The Morgan fingerprint density at radius 3 is 2.48 bits per heavy atom. The van der Waals surface area contributed by atoms with Crippen molar-refractivity contribution in [1.82, 2.24) is 19.6 Å². The van der Waals surface area contributed by atoms with Crippen LogP contribution in [0.3, 0.4) is 0 Å². The lowest BCUT2D eigenvalue weighted by atomic mass is 9.79. The fourth-order valence-corrected chi connectivity index (χ4v) is 6.71. The van der Waals surface area contributed by atoms with Crippen molar-refractivity contribution in [2.45, 2.75) is 85.6 Å². The smallest absolute Gasteiger partial charge is 0.264 e. The van der Waals surface area contributed by atoms with Gasteiger partial charge >= 0.3 is 0 Å². The van der Waals surface area contributed by atoms with Gasteiger partial charge in [0.15, 0.2) is 5.82 Å². The number of nitrogens with one attached hydrogen (secondary N) is 1. The first-order valence-corrected chi connectivity index (χ1v) is 17.6. The predicted molar refractivity (Wildman–Crippen MR) is 166 cm³/mol. The lowest BCUT2D eigenvalue weighted by Crippen LogP contribution is -2.49. The van der Waals surface area contributed by atoms with E-state index in [4.69, 9.17) is 15.1 Å². The molecule has 0 bridgehead atoms. The minimum absolute atomic E-state index is 0.170. The van der Waals surface area contributed by atoms with Gasteiger partial charge in [0.1, 0.15) is 5.71 Å². The molecule has 42 heavy (non-hydrogen) atoms. The highest BCUT2D eigenvalue weighted by Gasteiger charge is 2.38. The summed E-state index contributed by atoms with van der Waals surface area (Å²) in [5.41, 5.74) is 4.75. The zero-order valence-electron chi connectivity index (χ0n) is 25.9. The number of aryl methyl sites for hydroxylation is 1. The van der Waals surface area contributed by atoms with Crippen molar-refractivity contribution in [3.8, 4) is 0 Å². The van der Waals surface area contributed by atoms with Gasteiger partial charge in [-0.05, 0) is 62.8 Å². The largest absolute Gasteiger partial charge is 0.366 e. The van der Waals surface area contributed by atoms with E-state index in [-0.39, 0.29) is 35.1 Å². The Balaban J connectivity index is 1.75. The topological polar surface area (TPSA) is 159 Å². The summed E-state index contributed by atoms with van der Waals surface area (Å²) in [6, 6.07) is 4.21. The average molecular weight is 622 g/mol. The second kappa shape index (κ2) is 11.1. The molecule has 4 rings (SSSR count). The molecule has 0 aliphatic carbocycles. The third-order valence-corrected chi connectivity index (χ3v) is 9.26. The standard InChI is InChI=1S/C28H43N7O5S2/c1-17-13-22-20(18(2)15-28(7,8)34(22)11-10-12-42(38,39)40)14-21(17)30-23-24(27(4,5)6)32-35-26(23)31-25(33-35)19(3)16-29-41(9,36)37/h13-14,18-19,29H,10-12,15-16H2,1-9H3,(H,38,39,40). The fourth-order valence-electron chi connectivity index (χ4n) is 5.66. The highest BCUT2D eigenvalue weighted by atomic mass is 32.2. The van der Waals surface area contributed by atoms with Crippen LogP contribution < -0.4 is 9.62 Å². The summed E-state index contributed by atoms with van der Waals surface area (Å²) in [6.07, 6.45) is 2.31. The first-order valence-electron chi connectivity index (χ1n) is 14.1. The molecule has 0 saturated carbocycles. The normalized spacial score (nSPS) is 20.4. The molecule has 12 nitrogen and oxygen atoms in total. The maximum atomic E-state index is 11.6. The minimum atomic E-state index is -4.03. The predicted octanol–water partition coefficient (Wildman–Crippen LogP) is 3.99. The van der Waals surface area contributed by atoms with Gasteiger partial charge in [-0.1, -0.05) is 34.6 Å². The molecular weight excluding hydrogens is 578 g/mol. The number of sulfonamides is 1. The molecule has 0 spiro atoms. The van der Waals surface area contributed by atoms with Gasteiger partial charge in [0.2, 0.25) is 15.8 Å². The van der Waals surface area contributed by atoms with Gasteiger partial charge in [0.05, 0.1) is 23.4 Å². The molecule has 2 N–H and O–H groups in total. The first kappa shape index (κ1) is 32.2. The van der Waals surface area contributed by atoms with Crippen LogP contribution in [0.4, 0.5) is 11.4 Å². The molecule has 0 radical (unpaired) electrons. The van der Waals surface area contributed by atoms with Gasteiger partial charge in [0, 0.05) is 35.6 Å². The molecular formula is C28H43N7O5S2. The number of aliphatic imine (C=N–C) groups is 1. The van der Waals surface area contributed by atoms with E-state index in [1.165, 1.54) is 4.79 Å². The quantitative estimate of drug-likeness (QED) is 0.398. The van der Waals surface area contributed by atoms with Crippen molar-refractivity contribution < 1.29 is 21.4 Å². The molecule has 3 heterocycles. The number of hydrogen-bond acceptors (Lipinski definition) is 9. The summed E-state index contributed by atoms with van der Waals surface area (Å²) < 4.78 is 57.7. The third-order valence-electron chi connectivity index (χ3n) is 7.76. The van der Waals surface area contributed by atoms with Crippen LogP contribution >= 0.6 is 0 Å². The van der Waals surface area contributed by atoms with Gasteiger partial charge in [-0.15, -0.1) is 9.89 Å². The maximum Gasteiger partial charge on any atom is 0.264 e. The van der Waals surface area contributed by atoms with Crippen molar-refractivity contribution in [3.05, 3.63) is 34.9 Å². The zero-order valence-corrected chi connectivity index (χ0v) is 27.6. The molecule has 14 heteroatoms.